The second-order valence-electron chi connectivity index (χ2n) is 5.36. The van der Waals surface area contributed by atoms with Crippen LogP contribution in [0, 0.1) is 20.8 Å². The van der Waals surface area contributed by atoms with Crippen molar-refractivity contribution in [1.29, 1.82) is 0 Å². The molecule has 3 aromatic rings. The lowest BCUT2D eigenvalue weighted by atomic mass is 10.1. The molecule has 1 heterocycles. The Morgan fingerprint density at radius 3 is 2.41 bits per heavy atom. The van der Waals surface area contributed by atoms with Crippen LogP contribution in [0.3, 0.4) is 0 Å². The van der Waals surface area contributed by atoms with Crippen molar-refractivity contribution >= 4 is 22.5 Å². The van der Waals surface area contributed by atoms with Crippen LogP contribution in [0.15, 0.2) is 35.1 Å². The van der Waals surface area contributed by atoms with E-state index in [-0.39, 0.29) is 11.3 Å². The number of nitrogens with zero attached hydrogens (tertiary/aromatic N) is 2. The lowest BCUT2D eigenvalue weighted by Crippen LogP contribution is -2.22. The maximum Gasteiger partial charge on any atom is 0.267 e. The van der Waals surface area contributed by atoms with Gasteiger partial charge in [0.15, 0.2) is 0 Å². The summed E-state index contributed by atoms with van der Waals surface area (Å²) in [4.78, 5) is 17.3. The molecule has 0 aliphatic rings. The highest BCUT2D eigenvalue weighted by atomic mass is 35.5. The summed E-state index contributed by atoms with van der Waals surface area (Å²) in [6.45, 7) is 5.38. The van der Waals surface area contributed by atoms with Gasteiger partial charge in [0.1, 0.15) is 11.6 Å². The molecule has 2 aromatic carbocycles. The Morgan fingerprint density at radius 2 is 1.77 bits per heavy atom. The predicted octanol–water partition coefficient (Wildman–Crippen LogP) is 3.67. The number of aromatic hydroxyl groups is 1. The van der Waals surface area contributed by atoms with E-state index >= 15 is 0 Å². The van der Waals surface area contributed by atoms with Crippen LogP contribution in [-0.2, 0) is 0 Å². The molecule has 0 radical (unpaired) electrons. The summed E-state index contributed by atoms with van der Waals surface area (Å²) in [6, 6.07) is 8.76. The molecule has 1 N–H and O–H groups in total. The fourth-order valence-electron chi connectivity index (χ4n) is 2.67. The summed E-state index contributed by atoms with van der Waals surface area (Å²) in [6.07, 6.45) is 0. The number of phenolic OH excluding ortho intramolecular Hbond substituents is 1. The number of hydrogen-bond acceptors (Lipinski definition) is 3. The lowest BCUT2D eigenvalue weighted by molar-refractivity contribution is 0.466. The van der Waals surface area contributed by atoms with Gasteiger partial charge in [-0.15, -0.1) is 0 Å². The maximum atomic E-state index is 12.9. The third kappa shape index (κ3) is 2.16. The highest BCUT2D eigenvalue weighted by Crippen LogP contribution is 2.26. The van der Waals surface area contributed by atoms with Crippen molar-refractivity contribution in [2.45, 2.75) is 20.8 Å². The molecule has 0 fully saturated rings. The Kier molecular flexibility index (Phi) is 3.41. The van der Waals surface area contributed by atoms with Crippen LogP contribution in [0.1, 0.15) is 17.0 Å². The van der Waals surface area contributed by atoms with Crippen LogP contribution in [0.5, 0.6) is 5.75 Å². The van der Waals surface area contributed by atoms with E-state index in [9.17, 15) is 9.90 Å². The Bertz CT molecular complexity index is 938. The summed E-state index contributed by atoms with van der Waals surface area (Å²) in [5.41, 5.74) is 2.46. The Hall–Kier alpha value is -2.33. The third-order valence-corrected chi connectivity index (χ3v) is 4.06. The van der Waals surface area contributed by atoms with Crippen LogP contribution in [0.25, 0.3) is 16.6 Å². The van der Waals surface area contributed by atoms with Gasteiger partial charge in [-0.2, -0.15) is 0 Å². The first-order chi connectivity index (χ1) is 10.4. The highest BCUT2D eigenvalue weighted by Gasteiger charge is 2.14. The first-order valence-electron chi connectivity index (χ1n) is 6.88. The summed E-state index contributed by atoms with van der Waals surface area (Å²) >= 11 is 6.17. The number of phenols is 1. The number of aryl methyl sites for hydroxylation is 3. The molecule has 0 unspecified atom stereocenters. The van der Waals surface area contributed by atoms with Crippen molar-refractivity contribution in [3.63, 3.8) is 0 Å². The molecule has 0 spiro atoms. The van der Waals surface area contributed by atoms with Crippen LogP contribution in [0.4, 0.5) is 0 Å². The minimum absolute atomic E-state index is 0.211. The minimum Gasteiger partial charge on any atom is -0.507 e. The Labute approximate surface area is 132 Å². The quantitative estimate of drug-likeness (QED) is 0.745. The molecule has 0 saturated carbocycles. The van der Waals surface area contributed by atoms with Gasteiger partial charge in [0.2, 0.25) is 0 Å². The third-order valence-electron chi connectivity index (χ3n) is 3.75. The Morgan fingerprint density at radius 1 is 1.14 bits per heavy atom. The number of fused-ring (bicyclic) bond motifs is 1. The van der Waals surface area contributed by atoms with Crippen LogP contribution < -0.4 is 5.56 Å². The first kappa shape index (κ1) is 14.6. The average Bonchev–Trinajstić information content (AvgIpc) is 2.44. The minimum atomic E-state index is -0.211. The average molecular weight is 315 g/mol. The van der Waals surface area contributed by atoms with E-state index in [0.29, 0.717) is 38.6 Å². The molecule has 0 amide bonds. The molecule has 22 heavy (non-hydrogen) atoms. The zero-order chi connectivity index (χ0) is 16.0. The predicted molar refractivity (Wildman–Crippen MR) is 88.2 cm³/mol. The van der Waals surface area contributed by atoms with Gasteiger partial charge in [-0.1, -0.05) is 17.7 Å². The van der Waals surface area contributed by atoms with Crippen molar-refractivity contribution in [3.05, 3.63) is 62.7 Å². The highest BCUT2D eigenvalue weighted by molar-refractivity contribution is 6.35. The van der Waals surface area contributed by atoms with E-state index in [1.54, 1.807) is 51.1 Å². The van der Waals surface area contributed by atoms with Crippen LogP contribution in [0.2, 0.25) is 5.02 Å². The molecule has 0 aliphatic heterocycles. The van der Waals surface area contributed by atoms with Crippen molar-refractivity contribution < 1.29 is 5.11 Å². The summed E-state index contributed by atoms with van der Waals surface area (Å²) in [5, 5.41) is 10.7. The second kappa shape index (κ2) is 5.14. The van der Waals surface area contributed by atoms with Crippen molar-refractivity contribution in [1.82, 2.24) is 9.55 Å². The molecule has 3 rings (SSSR count). The van der Waals surface area contributed by atoms with Gasteiger partial charge in [0, 0.05) is 0 Å². The molecule has 4 nitrogen and oxygen atoms in total. The van der Waals surface area contributed by atoms with Crippen molar-refractivity contribution in [2.24, 2.45) is 0 Å². The number of aromatic nitrogens is 2. The van der Waals surface area contributed by atoms with Gasteiger partial charge in [-0.3, -0.25) is 9.36 Å². The van der Waals surface area contributed by atoms with Gasteiger partial charge < -0.3 is 5.11 Å². The SMILES string of the molecule is Cc1cc(-n2c(C)nc3cccc(Cl)c3c2=O)cc(C)c1O. The molecule has 0 saturated heterocycles. The standard InChI is InChI=1S/C17H15ClN2O2/c1-9-7-12(8-10(2)16(9)21)20-11(3)19-14-6-4-5-13(18)15(14)17(20)22/h4-8,21H,1-3H3. The Balaban J connectivity index is 2.42. The summed E-state index contributed by atoms with van der Waals surface area (Å²) in [7, 11) is 0. The number of rotatable bonds is 1. The monoisotopic (exact) mass is 314 g/mol. The van der Waals surface area contributed by atoms with E-state index in [1.165, 1.54) is 4.57 Å². The number of benzene rings is 2. The molecule has 0 bridgehead atoms. The molecule has 5 heteroatoms. The molecule has 1 aromatic heterocycles. The zero-order valence-corrected chi connectivity index (χ0v) is 13.3. The van der Waals surface area contributed by atoms with Gasteiger partial charge in [0.25, 0.3) is 5.56 Å². The summed E-state index contributed by atoms with van der Waals surface area (Å²) < 4.78 is 1.52. The van der Waals surface area contributed by atoms with Gasteiger partial charge in [0.05, 0.1) is 21.6 Å². The van der Waals surface area contributed by atoms with Gasteiger partial charge in [-0.05, 0) is 56.2 Å². The molecular formula is C17H15ClN2O2. The smallest absolute Gasteiger partial charge is 0.267 e. The van der Waals surface area contributed by atoms with E-state index < -0.39 is 0 Å². The fourth-order valence-corrected chi connectivity index (χ4v) is 2.92. The van der Waals surface area contributed by atoms with Crippen molar-refractivity contribution in [2.75, 3.05) is 0 Å². The van der Waals surface area contributed by atoms with Crippen LogP contribution in [-0.4, -0.2) is 14.7 Å². The normalized spacial score (nSPS) is 11.1. The summed E-state index contributed by atoms with van der Waals surface area (Å²) in [5.74, 6) is 0.811. The van der Waals surface area contributed by atoms with Gasteiger partial charge >= 0.3 is 0 Å². The van der Waals surface area contributed by atoms with Gasteiger partial charge in [-0.25, -0.2) is 4.98 Å². The molecule has 112 valence electrons. The van der Waals surface area contributed by atoms with Crippen LogP contribution >= 0.6 is 11.6 Å². The topological polar surface area (TPSA) is 55.1 Å². The lowest BCUT2D eigenvalue weighted by Gasteiger charge is -2.14. The largest absolute Gasteiger partial charge is 0.507 e. The second-order valence-corrected chi connectivity index (χ2v) is 5.77. The fraction of sp³-hybridized carbons (Fsp3) is 0.176. The van der Waals surface area contributed by atoms with E-state index in [4.69, 9.17) is 11.6 Å². The number of hydrogen-bond donors (Lipinski definition) is 1. The maximum absolute atomic E-state index is 12.9. The van der Waals surface area contributed by atoms with E-state index in [1.807, 2.05) is 0 Å². The van der Waals surface area contributed by atoms with E-state index in [2.05, 4.69) is 4.98 Å². The molecule has 0 aliphatic carbocycles. The van der Waals surface area contributed by atoms with E-state index in [0.717, 1.165) is 0 Å². The van der Waals surface area contributed by atoms with Crippen molar-refractivity contribution in [3.8, 4) is 11.4 Å². The molecular weight excluding hydrogens is 300 g/mol. The first-order valence-corrected chi connectivity index (χ1v) is 7.26. The zero-order valence-electron chi connectivity index (χ0n) is 12.5. The molecule has 0 atom stereocenters. The number of halogens is 1.